The first kappa shape index (κ1) is 11.9. The van der Waals surface area contributed by atoms with Crippen LogP contribution in [0.3, 0.4) is 0 Å². The minimum absolute atomic E-state index is 0.344. The molecule has 1 aliphatic heterocycles. The van der Waals surface area contributed by atoms with Crippen molar-refractivity contribution in [2.24, 2.45) is 0 Å². The number of rotatable bonds is 4. The second-order valence-electron chi connectivity index (χ2n) is 3.68. The molecule has 0 aromatic carbocycles. The predicted octanol–water partition coefficient (Wildman–Crippen LogP) is -0.313. The third-order valence-electron chi connectivity index (χ3n) is 2.40. The summed E-state index contributed by atoms with van der Waals surface area (Å²) in [5.41, 5.74) is 0. The molecule has 0 amide bonds. The van der Waals surface area contributed by atoms with Crippen molar-refractivity contribution < 1.29 is 13.5 Å². The zero-order chi connectivity index (χ0) is 10.6. The van der Waals surface area contributed by atoms with Gasteiger partial charge in [0.25, 0.3) is 0 Å². The van der Waals surface area contributed by atoms with E-state index in [1.807, 2.05) is 0 Å². The van der Waals surface area contributed by atoms with Gasteiger partial charge >= 0.3 is 0 Å². The van der Waals surface area contributed by atoms with Crippen molar-refractivity contribution in [3.63, 3.8) is 0 Å². The van der Waals surface area contributed by atoms with E-state index in [1.54, 1.807) is 5.01 Å². The smallest absolute Gasteiger partial charge is 0.229 e. The van der Waals surface area contributed by atoms with E-state index in [0.29, 0.717) is 0 Å². The van der Waals surface area contributed by atoms with Crippen LogP contribution in [0.4, 0.5) is 0 Å². The zero-order valence-electron chi connectivity index (χ0n) is 8.44. The normalized spacial score (nSPS) is 22.1. The maximum Gasteiger partial charge on any atom is 0.229 e. The summed E-state index contributed by atoms with van der Waals surface area (Å²) < 4.78 is 23.0. The molecule has 0 saturated carbocycles. The summed E-state index contributed by atoms with van der Waals surface area (Å²) in [4.78, 5) is 2.49. The molecule has 5 nitrogen and oxygen atoms in total. The van der Waals surface area contributed by atoms with Gasteiger partial charge in [-0.3, -0.25) is 0 Å². The summed E-state index contributed by atoms with van der Waals surface area (Å²) in [6.07, 6.45) is 3.21. The lowest BCUT2D eigenvalue weighted by Gasteiger charge is -2.27. The van der Waals surface area contributed by atoms with Gasteiger partial charge in [0, 0.05) is 13.1 Å². The lowest BCUT2D eigenvalue weighted by molar-refractivity contribution is 0.197. The number of sulfonamides is 1. The largest absolute Gasteiger partial charge is 0.395 e. The van der Waals surface area contributed by atoms with Crippen LogP contribution in [-0.4, -0.2) is 43.5 Å². The second-order valence-corrected chi connectivity index (χ2v) is 5.75. The number of aliphatic hydroxyl groups is 1. The molecular formula is C8H18N2O3S. The van der Waals surface area contributed by atoms with Gasteiger partial charge in [0.1, 0.15) is 0 Å². The predicted molar refractivity (Wildman–Crippen MR) is 54.0 cm³/mol. The Morgan fingerprint density at radius 2 is 1.93 bits per heavy atom. The van der Waals surface area contributed by atoms with Crippen molar-refractivity contribution >= 4 is 10.0 Å². The van der Waals surface area contributed by atoms with E-state index in [1.165, 1.54) is 6.92 Å². The maximum absolute atomic E-state index is 11.5. The Balaban J connectivity index is 2.49. The van der Waals surface area contributed by atoms with Crippen LogP contribution in [0.5, 0.6) is 0 Å². The molecule has 6 heteroatoms. The van der Waals surface area contributed by atoms with Crippen LogP contribution in [0.15, 0.2) is 0 Å². The average Bonchev–Trinajstić information content (AvgIpc) is 2.17. The Kier molecular flexibility index (Phi) is 4.31. The number of nitrogens with one attached hydrogen (secondary N) is 1. The molecule has 14 heavy (non-hydrogen) atoms. The van der Waals surface area contributed by atoms with Crippen molar-refractivity contribution in [2.45, 2.75) is 31.4 Å². The summed E-state index contributed by atoms with van der Waals surface area (Å²) in [5, 5.41) is 9.73. The third-order valence-corrected chi connectivity index (χ3v) is 4.12. The molecule has 1 aliphatic rings. The summed E-state index contributed by atoms with van der Waals surface area (Å²) >= 11 is 0. The second kappa shape index (κ2) is 5.06. The fourth-order valence-corrected chi connectivity index (χ4v) is 2.27. The van der Waals surface area contributed by atoms with Gasteiger partial charge in [-0.15, -0.1) is 4.83 Å². The first-order chi connectivity index (χ1) is 6.56. The molecule has 1 rings (SSSR count). The SMILES string of the molecule is CC(CO)S(=O)(=O)NN1CCCCC1. The zero-order valence-corrected chi connectivity index (χ0v) is 9.26. The number of nitrogens with zero attached hydrogens (tertiary/aromatic N) is 1. The monoisotopic (exact) mass is 222 g/mol. The average molecular weight is 222 g/mol. The Hall–Kier alpha value is -0.170. The number of hydrogen-bond donors (Lipinski definition) is 2. The van der Waals surface area contributed by atoms with Crippen LogP contribution in [0.25, 0.3) is 0 Å². The minimum Gasteiger partial charge on any atom is -0.395 e. The summed E-state index contributed by atoms with van der Waals surface area (Å²) in [7, 11) is -3.38. The molecule has 1 saturated heterocycles. The molecule has 0 bridgehead atoms. The molecular weight excluding hydrogens is 204 g/mol. The van der Waals surface area contributed by atoms with Crippen molar-refractivity contribution in [3.8, 4) is 0 Å². The lowest BCUT2D eigenvalue weighted by atomic mass is 10.2. The highest BCUT2D eigenvalue weighted by Gasteiger charge is 2.23. The number of hydrogen-bond acceptors (Lipinski definition) is 4. The van der Waals surface area contributed by atoms with Gasteiger partial charge in [-0.1, -0.05) is 6.42 Å². The van der Waals surface area contributed by atoms with Crippen LogP contribution in [-0.2, 0) is 10.0 Å². The number of hydrazine groups is 1. The first-order valence-electron chi connectivity index (χ1n) is 4.93. The summed E-state index contributed by atoms with van der Waals surface area (Å²) in [6.45, 7) is 2.67. The van der Waals surface area contributed by atoms with Gasteiger partial charge in [-0.05, 0) is 19.8 Å². The van der Waals surface area contributed by atoms with Crippen LogP contribution in [0, 0.1) is 0 Å². The van der Waals surface area contributed by atoms with Gasteiger partial charge in [0.05, 0.1) is 11.9 Å². The van der Waals surface area contributed by atoms with Gasteiger partial charge in [0.15, 0.2) is 0 Å². The van der Waals surface area contributed by atoms with Crippen molar-refractivity contribution in [2.75, 3.05) is 19.7 Å². The molecule has 2 N–H and O–H groups in total. The highest BCUT2D eigenvalue weighted by molar-refractivity contribution is 7.90. The Morgan fingerprint density at radius 3 is 2.43 bits per heavy atom. The molecule has 1 atom stereocenters. The quantitative estimate of drug-likeness (QED) is 0.684. The Bertz CT molecular complexity index is 260. The van der Waals surface area contributed by atoms with Gasteiger partial charge in [-0.2, -0.15) is 0 Å². The molecule has 1 fully saturated rings. The topological polar surface area (TPSA) is 69.6 Å². The van der Waals surface area contributed by atoms with Crippen molar-refractivity contribution in [3.05, 3.63) is 0 Å². The minimum atomic E-state index is -3.38. The lowest BCUT2D eigenvalue weighted by Crippen LogP contribution is -2.48. The molecule has 0 aromatic rings. The van der Waals surface area contributed by atoms with E-state index in [4.69, 9.17) is 5.11 Å². The fourth-order valence-electron chi connectivity index (χ4n) is 1.35. The van der Waals surface area contributed by atoms with Crippen LogP contribution in [0.1, 0.15) is 26.2 Å². The van der Waals surface area contributed by atoms with Gasteiger partial charge in [0.2, 0.25) is 10.0 Å². The van der Waals surface area contributed by atoms with E-state index in [-0.39, 0.29) is 6.61 Å². The summed E-state index contributed by atoms with van der Waals surface area (Å²) in [6, 6.07) is 0. The molecule has 0 radical (unpaired) electrons. The highest BCUT2D eigenvalue weighted by Crippen LogP contribution is 2.08. The maximum atomic E-state index is 11.5. The fraction of sp³-hybridized carbons (Fsp3) is 1.00. The Labute approximate surface area is 85.1 Å². The van der Waals surface area contributed by atoms with E-state index >= 15 is 0 Å². The molecule has 84 valence electrons. The number of aliphatic hydroxyl groups excluding tert-OH is 1. The summed E-state index contributed by atoms with van der Waals surface area (Å²) in [5.74, 6) is 0. The molecule has 1 heterocycles. The van der Waals surface area contributed by atoms with Crippen LogP contribution in [0.2, 0.25) is 0 Å². The highest BCUT2D eigenvalue weighted by atomic mass is 32.2. The molecule has 0 spiro atoms. The Morgan fingerprint density at radius 1 is 1.36 bits per heavy atom. The first-order valence-corrected chi connectivity index (χ1v) is 6.48. The van der Waals surface area contributed by atoms with Crippen molar-refractivity contribution in [1.29, 1.82) is 0 Å². The van der Waals surface area contributed by atoms with E-state index in [0.717, 1.165) is 32.4 Å². The van der Waals surface area contributed by atoms with E-state index in [9.17, 15) is 8.42 Å². The van der Waals surface area contributed by atoms with Crippen LogP contribution >= 0.6 is 0 Å². The molecule has 0 aromatic heterocycles. The molecule has 0 aliphatic carbocycles. The van der Waals surface area contributed by atoms with Crippen LogP contribution < -0.4 is 4.83 Å². The van der Waals surface area contributed by atoms with Crippen molar-refractivity contribution in [1.82, 2.24) is 9.84 Å². The number of piperidine rings is 1. The van der Waals surface area contributed by atoms with Gasteiger partial charge in [-0.25, -0.2) is 13.4 Å². The van der Waals surface area contributed by atoms with Gasteiger partial charge < -0.3 is 5.11 Å². The molecule has 1 unspecified atom stereocenters. The van der Waals surface area contributed by atoms with E-state index < -0.39 is 15.3 Å². The van der Waals surface area contributed by atoms with E-state index in [2.05, 4.69) is 4.83 Å². The third kappa shape index (κ3) is 3.20. The standard InChI is InChI=1S/C8H18N2O3S/c1-8(7-11)14(12,13)9-10-5-3-2-4-6-10/h8-9,11H,2-7H2,1H3.